The minimum atomic E-state index is -0.348. The number of ether oxygens (including phenoxy) is 1. The monoisotopic (exact) mass is 367 g/mol. The molecule has 6 heteroatoms. The van der Waals surface area contributed by atoms with E-state index in [4.69, 9.17) is 9.15 Å². The van der Waals surface area contributed by atoms with Crippen molar-refractivity contribution < 1.29 is 19.2 Å². The predicted octanol–water partition coefficient (Wildman–Crippen LogP) is 1.41. The van der Waals surface area contributed by atoms with Crippen LogP contribution in [-0.2, 0) is 6.54 Å². The van der Waals surface area contributed by atoms with Crippen molar-refractivity contribution in [3.8, 4) is 11.5 Å². The molecular weight excluding hydrogens is 344 g/mol. The minimum absolute atomic E-state index is 0.178. The molecule has 1 aliphatic rings. The number of piperazine rings is 1. The standard InChI is InChI=1S/C21H22N2O4/c1-26-18-5-2-16(3-6-18)23-10-8-22(9-11-23)14-15-12-21(25)27-20-7-4-17(24)13-19(15)20/h2-7,12-13,24H,8-11,14H2,1H3/p+1. The van der Waals surface area contributed by atoms with E-state index in [1.54, 1.807) is 25.3 Å². The van der Waals surface area contributed by atoms with Crippen molar-refractivity contribution in [1.82, 2.24) is 0 Å². The summed E-state index contributed by atoms with van der Waals surface area (Å²) >= 11 is 0. The van der Waals surface area contributed by atoms with E-state index in [-0.39, 0.29) is 11.4 Å². The molecule has 1 fully saturated rings. The Balaban J connectivity index is 1.47. The molecule has 6 nitrogen and oxygen atoms in total. The molecule has 140 valence electrons. The van der Waals surface area contributed by atoms with Crippen LogP contribution in [0.3, 0.4) is 0 Å². The van der Waals surface area contributed by atoms with Crippen LogP contribution in [-0.4, -0.2) is 38.4 Å². The highest BCUT2D eigenvalue weighted by Crippen LogP contribution is 2.22. The Morgan fingerprint density at radius 3 is 2.56 bits per heavy atom. The molecule has 0 bridgehead atoms. The number of quaternary nitrogens is 1. The summed E-state index contributed by atoms with van der Waals surface area (Å²) in [6, 6.07) is 14.5. The highest BCUT2D eigenvalue weighted by molar-refractivity contribution is 5.81. The Labute approximate surface area is 157 Å². The van der Waals surface area contributed by atoms with E-state index < -0.39 is 0 Å². The Kier molecular flexibility index (Phi) is 4.73. The number of anilines is 1. The predicted molar refractivity (Wildman–Crippen MR) is 104 cm³/mol. The molecule has 4 rings (SSSR count). The molecule has 0 unspecified atom stereocenters. The lowest BCUT2D eigenvalue weighted by Gasteiger charge is -2.33. The second kappa shape index (κ2) is 7.32. The molecule has 0 amide bonds. The average molecular weight is 367 g/mol. The summed E-state index contributed by atoms with van der Waals surface area (Å²) < 4.78 is 10.5. The smallest absolute Gasteiger partial charge is 0.336 e. The topological polar surface area (TPSA) is 67.4 Å². The summed E-state index contributed by atoms with van der Waals surface area (Å²) in [4.78, 5) is 15.6. The molecule has 2 aromatic carbocycles. The van der Waals surface area contributed by atoms with Gasteiger partial charge >= 0.3 is 5.63 Å². The summed E-state index contributed by atoms with van der Waals surface area (Å²) in [5.74, 6) is 1.04. The van der Waals surface area contributed by atoms with Crippen molar-refractivity contribution in [3.63, 3.8) is 0 Å². The van der Waals surface area contributed by atoms with E-state index in [9.17, 15) is 9.90 Å². The number of rotatable bonds is 4. The van der Waals surface area contributed by atoms with Crippen LogP contribution in [0.15, 0.2) is 57.7 Å². The molecule has 3 aromatic rings. The van der Waals surface area contributed by atoms with Gasteiger partial charge in [-0.15, -0.1) is 0 Å². The van der Waals surface area contributed by atoms with E-state index in [0.717, 1.165) is 49.4 Å². The minimum Gasteiger partial charge on any atom is -0.508 e. The van der Waals surface area contributed by atoms with E-state index in [1.807, 2.05) is 12.1 Å². The van der Waals surface area contributed by atoms with Gasteiger partial charge in [0.2, 0.25) is 0 Å². The lowest BCUT2D eigenvalue weighted by Crippen LogP contribution is -3.13. The first-order chi connectivity index (χ1) is 13.1. The third-order valence-electron chi connectivity index (χ3n) is 5.16. The molecule has 2 N–H and O–H groups in total. The highest BCUT2D eigenvalue weighted by Gasteiger charge is 2.21. The van der Waals surface area contributed by atoms with Crippen LogP contribution in [0, 0.1) is 0 Å². The van der Waals surface area contributed by atoms with Crippen LogP contribution in [0.5, 0.6) is 11.5 Å². The maximum atomic E-state index is 11.9. The van der Waals surface area contributed by atoms with Gasteiger partial charge in [-0.1, -0.05) is 0 Å². The third-order valence-corrected chi connectivity index (χ3v) is 5.16. The summed E-state index contributed by atoms with van der Waals surface area (Å²) in [7, 11) is 1.67. The van der Waals surface area contributed by atoms with Gasteiger partial charge in [-0.2, -0.15) is 0 Å². The molecule has 0 radical (unpaired) electrons. The molecule has 1 aliphatic heterocycles. The van der Waals surface area contributed by atoms with Crippen molar-refractivity contribution >= 4 is 16.7 Å². The maximum Gasteiger partial charge on any atom is 0.336 e. The van der Waals surface area contributed by atoms with Gasteiger partial charge in [-0.25, -0.2) is 4.79 Å². The number of phenols is 1. The number of nitrogens with zero attached hydrogens (tertiary/aromatic N) is 1. The van der Waals surface area contributed by atoms with Gasteiger partial charge in [0.25, 0.3) is 0 Å². The normalized spacial score (nSPS) is 15.2. The van der Waals surface area contributed by atoms with Crippen molar-refractivity contribution in [2.75, 3.05) is 38.2 Å². The Morgan fingerprint density at radius 2 is 1.85 bits per heavy atom. The fourth-order valence-corrected chi connectivity index (χ4v) is 3.68. The van der Waals surface area contributed by atoms with Gasteiger partial charge in [0.05, 0.1) is 33.3 Å². The average Bonchev–Trinajstić information content (AvgIpc) is 2.69. The molecular formula is C21H23N2O4+. The largest absolute Gasteiger partial charge is 0.508 e. The Morgan fingerprint density at radius 1 is 1.11 bits per heavy atom. The lowest BCUT2D eigenvalue weighted by atomic mass is 10.1. The summed E-state index contributed by atoms with van der Waals surface area (Å²) in [5, 5.41) is 10.6. The molecule has 1 aromatic heterocycles. The zero-order valence-corrected chi connectivity index (χ0v) is 15.3. The molecule has 0 saturated carbocycles. The van der Waals surface area contributed by atoms with Crippen LogP contribution in [0.2, 0.25) is 0 Å². The first-order valence-corrected chi connectivity index (χ1v) is 9.11. The third kappa shape index (κ3) is 3.75. The van der Waals surface area contributed by atoms with E-state index in [0.29, 0.717) is 5.58 Å². The maximum absolute atomic E-state index is 11.9. The first kappa shape index (κ1) is 17.4. The number of aromatic hydroxyl groups is 1. The SMILES string of the molecule is COc1ccc(N2CC[NH+](Cc3cc(=O)oc4ccc(O)cc34)CC2)cc1. The summed E-state index contributed by atoms with van der Waals surface area (Å²) in [6.45, 7) is 4.60. The highest BCUT2D eigenvalue weighted by atomic mass is 16.5. The van der Waals surface area contributed by atoms with Gasteiger partial charge in [-0.05, 0) is 42.5 Å². The van der Waals surface area contributed by atoms with Crippen LogP contribution >= 0.6 is 0 Å². The summed E-state index contributed by atoms with van der Waals surface area (Å²) in [6.07, 6.45) is 0. The van der Waals surface area contributed by atoms with Gasteiger partial charge in [0, 0.05) is 22.7 Å². The van der Waals surface area contributed by atoms with Crippen LogP contribution < -0.4 is 20.2 Å². The van der Waals surface area contributed by atoms with E-state index in [2.05, 4.69) is 17.0 Å². The van der Waals surface area contributed by atoms with Crippen molar-refractivity contribution in [3.05, 3.63) is 64.5 Å². The van der Waals surface area contributed by atoms with Gasteiger partial charge in [-0.3, -0.25) is 0 Å². The molecule has 0 spiro atoms. The van der Waals surface area contributed by atoms with Crippen molar-refractivity contribution in [2.24, 2.45) is 0 Å². The van der Waals surface area contributed by atoms with Gasteiger partial charge in [0.1, 0.15) is 23.6 Å². The zero-order valence-electron chi connectivity index (χ0n) is 15.3. The number of nitrogens with one attached hydrogen (secondary N) is 1. The summed E-state index contributed by atoms with van der Waals surface area (Å²) in [5.41, 5.74) is 2.29. The fraction of sp³-hybridized carbons (Fsp3) is 0.286. The second-order valence-corrected chi connectivity index (χ2v) is 6.88. The second-order valence-electron chi connectivity index (χ2n) is 6.88. The lowest BCUT2D eigenvalue weighted by molar-refractivity contribution is -0.914. The van der Waals surface area contributed by atoms with Gasteiger partial charge in [0.15, 0.2) is 0 Å². The number of fused-ring (bicyclic) bond motifs is 1. The Hall–Kier alpha value is -2.99. The quantitative estimate of drug-likeness (QED) is 0.683. The number of phenolic OH excluding ortho intramolecular Hbond substituents is 1. The van der Waals surface area contributed by atoms with Crippen LogP contribution in [0.1, 0.15) is 5.56 Å². The molecule has 2 heterocycles. The fourth-order valence-electron chi connectivity index (χ4n) is 3.68. The molecule has 1 saturated heterocycles. The number of hydrogen-bond donors (Lipinski definition) is 2. The van der Waals surface area contributed by atoms with Crippen LogP contribution in [0.4, 0.5) is 5.69 Å². The van der Waals surface area contributed by atoms with Crippen molar-refractivity contribution in [2.45, 2.75) is 6.54 Å². The number of hydrogen-bond acceptors (Lipinski definition) is 5. The van der Waals surface area contributed by atoms with E-state index in [1.165, 1.54) is 16.7 Å². The number of benzene rings is 2. The number of methoxy groups -OCH3 is 1. The van der Waals surface area contributed by atoms with Gasteiger partial charge < -0.3 is 24.1 Å². The molecule has 0 aliphatic carbocycles. The van der Waals surface area contributed by atoms with E-state index >= 15 is 0 Å². The van der Waals surface area contributed by atoms with Crippen molar-refractivity contribution in [1.29, 1.82) is 0 Å². The van der Waals surface area contributed by atoms with Crippen LogP contribution in [0.25, 0.3) is 11.0 Å². The zero-order chi connectivity index (χ0) is 18.8. The Bertz CT molecular complexity index is 989. The first-order valence-electron chi connectivity index (χ1n) is 9.11. The molecule has 0 atom stereocenters. The molecule has 27 heavy (non-hydrogen) atoms.